The van der Waals surface area contributed by atoms with Crippen molar-refractivity contribution in [2.45, 2.75) is 26.3 Å². The summed E-state index contributed by atoms with van der Waals surface area (Å²) >= 11 is 1.74. The Kier molecular flexibility index (Phi) is 7.02. The maximum absolute atomic E-state index is 13.4. The van der Waals surface area contributed by atoms with Crippen LogP contribution < -0.4 is 4.74 Å². The molecule has 6 nitrogen and oxygen atoms in total. The number of amides is 3. The number of benzene rings is 1. The van der Waals surface area contributed by atoms with Crippen LogP contribution in [0.2, 0.25) is 0 Å². The third-order valence-corrected chi connectivity index (χ3v) is 6.28. The third-order valence-electron chi connectivity index (χ3n) is 5.28. The molecule has 1 atom stereocenters. The van der Waals surface area contributed by atoms with E-state index in [0.29, 0.717) is 13.1 Å². The summed E-state index contributed by atoms with van der Waals surface area (Å²) in [4.78, 5) is 32.5. The van der Waals surface area contributed by atoms with Crippen molar-refractivity contribution >= 4 is 23.3 Å². The van der Waals surface area contributed by atoms with Crippen molar-refractivity contribution in [3.05, 3.63) is 51.7 Å². The molecule has 0 saturated heterocycles. The average molecular weight is 430 g/mol. The van der Waals surface area contributed by atoms with Gasteiger partial charge in [0.05, 0.1) is 13.2 Å². The lowest BCUT2D eigenvalue weighted by Gasteiger charge is -2.38. The molecule has 0 spiro atoms. The van der Waals surface area contributed by atoms with Gasteiger partial charge in [-0.15, -0.1) is 11.3 Å². The van der Waals surface area contributed by atoms with Gasteiger partial charge in [-0.25, -0.2) is 4.79 Å². The highest BCUT2D eigenvalue weighted by molar-refractivity contribution is 7.10. The summed E-state index contributed by atoms with van der Waals surface area (Å²) in [6.07, 6.45) is 0.844. The van der Waals surface area contributed by atoms with Crippen molar-refractivity contribution < 1.29 is 14.3 Å². The largest absolute Gasteiger partial charge is 0.497 e. The number of hydrogen-bond acceptors (Lipinski definition) is 4. The highest BCUT2D eigenvalue weighted by Gasteiger charge is 2.34. The van der Waals surface area contributed by atoms with Gasteiger partial charge in [0.2, 0.25) is 5.91 Å². The van der Waals surface area contributed by atoms with Crippen LogP contribution in [0.1, 0.15) is 35.9 Å². The minimum absolute atomic E-state index is 0.0245. The Balaban J connectivity index is 1.89. The minimum Gasteiger partial charge on any atom is -0.497 e. The van der Waals surface area contributed by atoms with E-state index in [1.165, 1.54) is 15.3 Å². The lowest BCUT2D eigenvalue weighted by molar-refractivity contribution is -0.134. The van der Waals surface area contributed by atoms with Crippen LogP contribution in [0.3, 0.4) is 0 Å². The summed E-state index contributed by atoms with van der Waals surface area (Å²) < 4.78 is 5.30. The lowest BCUT2D eigenvalue weighted by Crippen LogP contribution is -2.49. The number of carbonyl (C=O) groups excluding carboxylic acids is 2. The molecule has 1 aromatic heterocycles. The van der Waals surface area contributed by atoms with Gasteiger partial charge in [0.1, 0.15) is 12.3 Å². The zero-order valence-corrected chi connectivity index (χ0v) is 19.2. The molecule has 3 amide bonds. The Hall–Kier alpha value is -2.54. The highest BCUT2D eigenvalue weighted by Crippen LogP contribution is 2.38. The van der Waals surface area contributed by atoms with Gasteiger partial charge < -0.3 is 19.4 Å². The molecule has 2 heterocycles. The van der Waals surface area contributed by atoms with Crippen LogP contribution in [0.5, 0.6) is 5.75 Å². The summed E-state index contributed by atoms with van der Waals surface area (Å²) in [7, 11) is 5.09. The van der Waals surface area contributed by atoms with Gasteiger partial charge in [-0.05, 0) is 47.0 Å². The molecule has 0 N–H and O–H groups in total. The predicted octanol–water partition coefficient (Wildman–Crippen LogP) is 3.87. The van der Waals surface area contributed by atoms with Gasteiger partial charge in [-0.2, -0.15) is 0 Å². The zero-order valence-electron chi connectivity index (χ0n) is 18.4. The van der Waals surface area contributed by atoms with E-state index in [1.54, 1.807) is 37.4 Å². The van der Waals surface area contributed by atoms with Crippen LogP contribution in [0.25, 0.3) is 0 Å². The summed E-state index contributed by atoms with van der Waals surface area (Å²) in [5, 5.41) is 2.09. The Bertz CT molecular complexity index is 876. The zero-order chi connectivity index (χ0) is 21.8. The molecule has 1 unspecified atom stereocenters. The number of rotatable bonds is 6. The first-order chi connectivity index (χ1) is 14.3. The number of fused-ring (bicyclic) bond motifs is 1. The van der Waals surface area contributed by atoms with E-state index >= 15 is 0 Å². The number of ether oxygens (including phenoxy) is 1. The Labute approximate surface area is 183 Å². The molecule has 1 aliphatic heterocycles. The van der Waals surface area contributed by atoms with Gasteiger partial charge >= 0.3 is 6.03 Å². The van der Waals surface area contributed by atoms with E-state index < -0.39 is 0 Å². The van der Waals surface area contributed by atoms with E-state index in [-0.39, 0.29) is 30.4 Å². The maximum Gasteiger partial charge on any atom is 0.319 e. The third kappa shape index (κ3) is 4.78. The number of methoxy groups -OCH3 is 1. The van der Waals surface area contributed by atoms with Gasteiger partial charge in [0.25, 0.3) is 0 Å². The van der Waals surface area contributed by atoms with Crippen LogP contribution in [0.4, 0.5) is 4.79 Å². The molecule has 0 bridgehead atoms. The molecule has 1 aromatic carbocycles. The fraction of sp³-hybridized carbons (Fsp3) is 0.478. The van der Waals surface area contributed by atoms with Crippen molar-refractivity contribution in [2.24, 2.45) is 5.92 Å². The molecule has 0 saturated carbocycles. The fourth-order valence-corrected chi connectivity index (χ4v) is 4.82. The molecule has 2 aromatic rings. The van der Waals surface area contributed by atoms with Crippen molar-refractivity contribution in [3.8, 4) is 5.75 Å². The summed E-state index contributed by atoms with van der Waals surface area (Å²) in [5.41, 5.74) is 2.23. The van der Waals surface area contributed by atoms with Gasteiger partial charge in [-0.1, -0.05) is 26.0 Å². The molecular formula is C23H31N3O3S. The molecular weight excluding hydrogens is 398 g/mol. The lowest BCUT2D eigenvalue weighted by atomic mass is 9.93. The Morgan fingerprint density at radius 2 is 1.90 bits per heavy atom. The molecule has 1 aliphatic rings. The summed E-state index contributed by atoms with van der Waals surface area (Å²) in [5.74, 6) is 1.05. The van der Waals surface area contributed by atoms with Crippen molar-refractivity contribution in [1.29, 1.82) is 0 Å². The van der Waals surface area contributed by atoms with Gasteiger partial charge in [0.15, 0.2) is 0 Å². The van der Waals surface area contributed by atoms with Crippen molar-refractivity contribution in [3.63, 3.8) is 0 Å². The standard InChI is InChI=1S/C23H31N3O3S/c1-16(2)14-25(23(28)24(3)4)15-21(27)26-12-10-20-19(11-13-30-20)22(26)17-6-8-18(29-5)9-7-17/h6-9,11,13,16,22H,10,12,14-15H2,1-5H3. The average Bonchev–Trinajstić information content (AvgIpc) is 3.20. The topological polar surface area (TPSA) is 53.1 Å². The summed E-state index contributed by atoms with van der Waals surface area (Å²) in [6, 6.07) is 9.74. The molecule has 30 heavy (non-hydrogen) atoms. The fourth-order valence-electron chi connectivity index (χ4n) is 3.92. The Morgan fingerprint density at radius 3 is 2.50 bits per heavy atom. The minimum atomic E-state index is -0.145. The van der Waals surface area contributed by atoms with Gasteiger partial charge in [0, 0.05) is 32.1 Å². The predicted molar refractivity (Wildman–Crippen MR) is 120 cm³/mol. The second-order valence-corrected chi connectivity index (χ2v) is 9.26. The van der Waals surface area contributed by atoms with E-state index in [2.05, 4.69) is 25.3 Å². The maximum atomic E-state index is 13.4. The molecule has 7 heteroatoms. The van der Waals surface area contributed by atoms with Crippen LogP contribution in [-0.4, -0.2) is 67.5 Å². The smallest absolute Gasteiger partial charge is 0.319 e. The molecule has 3 rings (SSSR count). The molecule has 0 aliphatic carbocycles. The molecule has 0 fully saturated rings. The second-order valence-electron chi connectivity index (χ2n) is 8.26. The quantitative estimate of drug-likeness (QED) is 0.700. The number of hydrogen-bond donors (Lipinski definition) is 0. The van der Waals surface area contributed by atoms with E-state index in [1.807, 2.05) is 29.2 Å². The van der Waals surface area contributed by atoms with Crippen LogP contribution in [-0.2, 0) is 11.2 Å². The number of nitrogens with zero attached hydrogens (tertiary/aromatic N) is 3. The van der Waals surface area contributed by atoms with Crippen LogP contribution in [0, 0.1) is 5.92 Å². The number of carbonyl (C=O) groups is 2. The van der Waals surface area contributed by atoms with Gasteiger partial charge in [-0.3, -0.25) is 4.79 Å². The van der Waals surface area contributed by atoms with E-state index in [0.717, 1.165) is 17.7 Å². The molecule has 162 valence electrons. The van der Waals surface area contributed by atoms with E-state index in [9.17, 15) is 9.59 Å². The number of thiophene rings is 1. The second kappa shape index (κ2) is 9.51. The first-order valence-corrected chi connectivity index (χ1v) is 11.2. The molecule has 0 radical (unpaired) electrons. The van der Waals surface area contributed by atoms with Crippen LogP contribution >= 0.6 is 11.3 Å². The highest BCUT2D eigenvalue weighted by atomic mass is 32.1. The van der Waals surface area contributed by atoms with Crippen LogP contribution in [0.15, 0.2) is 35.7 Å². The monoisotopic (exact) mass is 429 g/mol. The van der Waals surface area contributed by atoms with Crippen molar-refractivity contribution in [2.75, 3.05) is 40.8 Å². The first kappa shape index (κ1) is 22.2. The SMILES string of the molecule is COc1ccc(C2c3ccsc3CCN2C(=O)CN(CC(C)C)C(=O)N(C)C)cc1. The van der Waals surface area contributed by atoms with E-state index in [4.69, 9.17) is 4.74 Å². The van der Waals surface area contributed by atoms with Crippen molar-refractivity contribution in [1.82, 2.24) is 14.7 Å². The summed E-state index contributed by atoms with van der Waals surface area (Å²) in [6.45, 7) is 5.39. The number of urea groups is 1. The first-order valence-electron chi connectivity index (χ1n) is 10.3. The normalized spacial score (nSPS) is 15.7. The Morgan fingerprint density at radius 1 is 1.20 bits per heavy atom.